The molecule has 0 aliphatic carbocycles. The van der Waals surface area contributed by atoms with Gasteiger partial charge in [0.15, 0.2) is 11.6 Å². The Hall–Kier alpha value is -1.53. The first-order valence-corrected chi connectivity index (χ1v) is 8.16. The first-order chi connectivity index (χ1) is 11.1. The van der Waals surface area contributed by atoms with Crippen LogP contribution in [0.3, 0.4) is 0 Å². The van der Waals surface area contributed by atoms with Gasteiger partial charge in [-0.3, -0.25) is 9.69 Å². The standard InChI is InChI=1S/C17H24F2N2O2/c18-15-7-3-5-13(17(15)19)11-16(23)20-8-1-2-9-21-10-4-6-14(21)12-22/h3,5,7,14,22H,1-2,4,6,8-12H2,(H,20,23). The van der Waals surface area contributed by atoms with E-state index >= 15 is 0 Å². The summed E-state index contributed by atoms with van der Waals surface area (Å²) in [6.45, 7) is 2.67. The zero-order valence-electron chi connectivity index (χ0n) is 13.2. The highest BCUT2D eigenvalue weighted by Crippen LogP contribution is 2.17. The fourth-order valence-electron chi connectivity index (χ4n) is 2.98. The van der Waals surface area contributed by atoms with E-state index in [1.807, 2.05) is 0 Å². The Morgan fingerprint density at radius 3 is 2.96 bits per heavy atom. The number of nitrogens with zero attached hydrogens (tertiary/aromatic N) is 1. The summed E-state index contributed by atoms with van der Waals surface area (Å²) in [5, 5.41) is 12.0. The van der Waals surface area contributed by atoms with Crippen molar-refractivity contribution in [2.45, 2.75) is 38.1 Å². The number of hydrogen-bond acceptors (Lipinski definition) is 3. The van der Waals surface area contributed by atoms with Gasteiger partial charge in [0.05, 0.1) is 13.0 Å². The van der Waals surface area contributed by atoms with Crippen LogP contribution < -0.4 is 5.32 Å². The van der Waals surface area contributed by atoms with E-state index in [1.54, 1.807) is 0 Å². The lowest BCUT2D eigenvalue weighted by Gasteiger charge is -2.22. The van der Waals surface area contributed by atoms with Gasteiger partial charge in [-0.25, -0.2) is 8.78 Å². The highest BCUT2D eigenvalue weighted by molar-refractivity contribution is 5.78. The van der Waals surface area contributed by atoms with Gasteiger partial charge in [-0.15, -0.1) is 0 Å². The van der Waals surface area contributed by atoms with Gasteiger partial charge in [-0.1, -0.05) is 12.1 Å². The summed E-state index contributed by atoms with van der Waals surface area (Å²) < 4.78 is 26.5. The van der Waals surface area contributed by atoms with Gasteiger partial charge < -0.3 is 10.4 Å². The van der Waals surface area contributed by atoms with Gasteiger partial charge in [-0.05, 0) is 44.8 Å². The first kappa shape index (κ1) is 17.8. The van der Waals surface area contributed by atoms with E-state index in [0.29, 0.717) is 6.54 Å². The van der Waals surface area contributed by atoms with E-state index in [2.05, 4.69) is 10.2 Å². The smallest absolute Gasteiger partial charge is 0.224 e. The number of hydrogen-bond donors (Lipinski definition) is 2. The maximum atomic E-state index is 13.5. The van der Waals surface area contributed by atoms with Crippen LogP contribution in [0, 0.1) is 11.6 Å². The molecule has 1 saturated heterocycles. The van der Waals surface area contributed by atoms with Crippen LogP contribution in [-0.2, 0) is 11.2 Å². The van der Waals surface area contributed by atoms with Crippen LogP contribution in [0.2, 0.25) is 0 Å². The summed E-state index contributed by atoms with van der Waals surface area (Å²) in [5.74, 6) is -2.19. The molecule has 23 heavy (non-hydrogen) atoms. The highest BCUT2D eigenvalue weighted by atomic mass is 19.2. The average Bonchev–Trinajstić information content (AvgIpc) is 2.99. The number of nitrogens with one attached hydrogen (secondary N) is 1. The van der Waals surface area contributed by atoms with Crippen molar-refractivity contribution in [2.24, 2.45) is 0 Å². The normalized spacial score (nSPS) is 18.3. The van der Waals surface area contributed by atoms with Gasteiger partial charge in [0.1, 0.15) is 0 Å². The van der Waals surface area contributed by atoms with E-state index in [1.165, 1.54) is 12.1 Å². The lowest BCUT2D eigenvalue weighted by Crippen LogP contribution is -2.33. The van der Waals surface area contributed by atoms with Crippen molar-refractivity contribution in [1.29, 1.82) is 0 Å². The molecule has 1 atom stereocenters. The summed E-state index contributed by atoms with van der Waals surface area (Å²) in [6.07, 6.45) is 3.78. The second kappa shape index (κ2) is 8.93. The van der Waals surface area contributed by atoms with Crippen molar-refractivity contribution < 1.29 is 18.7 Å². The van der Waals surface area contributed by atoms with Crippen molar-refractivity contribution >= 4 is 5.91 Å². The number of halogens is 2. The Morgan fingerprint density at radius 1 is 1.35 bits per heavy atom. The first-order valence-electron chi connectivity index (χ1n) is 8.16. The molecule has 1 aromatic rings. The largest absolute Gasteiger partial charge is 0.395 e. The summed E-state index contributed by atoms with van der Waals surface area (Å²) in [7, 11) is 0. The lowest BCUT2D eigenvalue weighted by atomic mass is 10.1. The number of rotatable bonds is 8. The van der Waals surface area contributed by atoms with Crippen LogP contribution in [0.25, 0.3) is 0 Å². The topological polar surface area (TPSA) is 52.6 Å². The molecular formula is C17H24F2N2O2. The minimum atomic E-state index is -0.952. The summed E-state index contributed by atoms with van der Waals surface area (Å²) in [6, 6.07) is 4.13. The molecule has 1 fully saturated rings. The SMILES string of the molecule is O=C(Cc1cccc(F)c1F)NCCCCN1CCCC1CO. The minimum Gasteiger partial charge on any atom is -0.395 e. The quantitative estimate of drug-likeness (QED) is 0.717. The van der Waals surface area contributed by atoms with Crippen LogP contribution in [0.15, 0.2) is 18.2 Å². The number of benzene rings is 1. The van der Waals surface area contributed by atoms with Gasteiger partial charge in [-0.2, -0.15) is 0 Å². The van der Waals surface area contributed by atoms with Crippen molar-refractivity contribution in [1.82, 2.24) is 10.2 Å². The van der Waals surface area contributed by atoms with E-state index in [9.17, 15) is 18.7 Å². The molecular weight excluding hydrogens is 302 g/mol. The molecule has 1 aliphatic heterocycles. The molecule has 0 spiro atoms. The molecule has 2 rings (SSSR count). The number of aliphatic hydroxyl groups excluding tert-OH is 1. The van der Waals surface area contributed by atoms with Crippen molar-refractivity contribution in [3.05, 3.63) is 35.4 Å². The van der Waals surface area contributed by atoms with Crippen LogP contribution in [0.5, 0.6) is 0 Å². The molecule has 0 aromatic heterocycles. The van der Waals surface area contributed by atoms with Gasteiger partial charge in [0, 0.05) is 18.2 Å². The van der Waals surface area contributed by atoms with Gasteiger partial charge in [0.25, 0.3) is 0 Å². The van der Waals surface area contributed by atoms with Crippen molar-refractivity contribution in [3.63, 3.8) is 0 Å². The van der Waals surface area contributed by atoms with Crippen LogP contribution in [-0.4, -0.2) is 48.2 Å². The van der Waals surface area contributed by atoms with Crippen molar-refractivity contribution in [2.75, 3.05) is 26.2 Å². The van der Waals surface area contributed by atoms with Crippen LogP contribution >= 0.6 is 0 Å². The molecule has 1 aliphatic rings. The Bertz CT molecular complexity index is 525. The lowest BCUT2D eigenvalue weighted by molar-refractivity contribution is -0.120. The molecule has 128 valence electrons. The van der Waals surface area contributed by atoms with Crippen LogP contribution in [0.1, 0.15) is 31.2 Å². The summed E-state index contributed by atoms with van der Waals surface area (Å²) in [5.41, 5.74) is 0.0744. The number of likely N-dealkylation sites (tertiary alicyclic amines) is 1. The van der Waals surface area contributed by atoms with Crippen molar-refractivity contribution in [3.8, 4) is 0 Å². The number of carbonyl (C=O) groups excluding carboxylic acids is 1. The second-order valence-corrected chi connectivity index (χ2v) is 5.96. The molecule has 1 amide bonds. The molecule has 1 heterocycles. The highest BCUT2D eigenvalue weighted by Gasteiger charge is 2.22. The predicted octanol–water partition coefficient (Wildman–Crippen LogP) is 1.86. The van der Waals surface area contributed by atoms with E-state index in [4.69, 9.17) is 0 Å². The zero-order valence-corrected chi connectivity index (χ0v) is 13.2. The van der Waals surface area contributed by atoms with Crippen LogP contribution in [0.4, 0.5) is 8.78 Å². The molecule has 1 aromatic carbocycles. The number of aliphatic hydroxyl groups is 1. The molecule has 4 nitrogen and oxygen atoms in total. The Morgan fingerprint density at radius 2 is 2.17 bits per heavy atom. The third kappa shape index (κ3) is 5.25. The maximum Gasteiger partial charge on any atom is 0.224 e. The summed E-state index contributed by atoms with van der Waals surface area (Å²) in [4.78, 5) is 14.0. The molecule has 2 N–H and O–H groups in total. The molecule has 1 unspecified atom stereocenters. The van der Waals surface area contributed by atoms with E-state index < -0.39 is 11.6 Å². The predicted molar refractivity (Wildman–Crippen MR) is 84.0 cm³/mol. The number of carbonyl (C=O) groups is 1. The Balaban J connectivity index is 1.62. The van der Waals surface area contributed by atoms with Gasteiger partial charge in [0.2, 0.25) is 5.91 Å². The zero-order chi connectivity index (χ0) is 16.7. The maximum absolute atomic E-state index is 13.5. The third-order valence-corrected chi connectivity index (χ3v) is 4.29. The second-order valence-electron chi connectivity index (χ2n) is 5.96. The molecule has 6 heteroatoms. The molecule has 0 radical (unpaired) electrons. The summed E-state index contributed by atoms with van der Waals surface area (Å²) >= 11 is 0. The third-order valence-electron chi connectivity index (χ3n) is 4.29. The van der Waals surface area contributed by atoms with E-state index in [-0.39, 0.29) is 30.5 Å². The van der Waals surface area contributed by atoms with Gasteiger partial charge >= 0.3 is 0 Å². The Kier molecular flexibility index (Phi) is 6.92. The monoisotopic (exact) mass is 326 g/mol. The number of unbranched alkanes of at least 4 members (excludes halogenated alkanes) is 1. The average molecular weight is 326 g/mol. The minimum absolute atomic E-state index is 0.0744. The molecule has 0 bridgehead atoms. The fraction of sp³-hybridized carbons (Fsp3) is 0.588. The van der Waals surface area contributed by atoms with E-state index in [0.717, 1.165) is 44.8 Å². The Labute approximate surface area is 135 Å². The molecule has 0 saturated carbocycles. The number of amides is 1. The fourth-order valence-corrected chi connectivity index (χ4v) is 2.98.